The summed E-state index contributed by atoms with van der Waals surface area (Å²) in [5, 5.41) is 3.18. The van der Waals surface area contributed by atoms with Crippen molar-refractivity contribution in [2.45, 2.75) is 19.4 Å². The average Bonchev–Trinajstić information content (AvgIpc) is 2.72. The monoisotopic (exact) mass is 359 g/mol. The van der Waals surface area contributed by atoms with Gasteiger partial charge in [0.2, 0.25) is 0 Å². The average molecular weight is 359 g/mol. The SMILES string of the molecule is Cc1csc(CC(NN)c2cccc(I)c2)n1. The number of hydrogen-bond acceptors (Lipinski definition) is 4. The smallest absolute Gasteiger partial charge is 0.0947 e. The molecular formula is C12H14IN3S. The first kappa shape index (κ1) is 12.9. The number of nitrogens with two attached hydrogens (primary N) is 1. The third-order valence-electron chi connectivity index (χ3n) is 2.50. The highest BCUT2D eigenvalue weighted by Crippen LogP contribution is 2.21. The lowest BCUT2D eigenvalue weighted by Crippen LogP contribution is -2.29. The molecule has 3 N–H and O–H groups in total. The van der Waals surface area contributed by atoms with Crippen molar-refractivity contribution in [3.8, 4) is 0 Å². The highest BCUT2D eigenvalue weighted by Gasteiger charge is 2.12. The van der Waals surface area contributed by atoms with Crippen LogP contribution < -0.4 is 11.3 Å². The van der Waals surface area contributed by atoms with Crippen molar-refractivity contribution in [3.63, 3.8) is 0 Å². The minimum Gasteiger partial charge on any atom is -0.271 e. The molecule has 0 aliphatic carbocycles. The van der Waals surface area contributed by atoms with E-state index in [0.717, 1.165) is 17.1 Å². The van der Waals surface area contributed by atoms with Crippen LogP contribution in [0.1, 0.15) is 22.3 Å². The van der Waals surface area contributed by atoms with Gasteiger partial charge in [-0.25, -0.2) is 4.98 Å². The van der Waals surface area contributed by atoms with E-state index in [0.29, 0.717) is 0 Å². The number of nitrogens with zero attached hydrogens (tertiary/aromatic N) is 1. The van der Waals surface area contributed by atoms with Gasteiger partial charge in [-0.15, -0.1) is 11.3 Å². The molecule has 0 radical (unpaired) electrons. The Bertz CT molecular complexity index is 498. The zero-order valence-electron chi connectivity index (χ0n) is 9.48. The minimum atomic E-state index is 0.121. The number of benzene rings is 1. The molecule has 2 rings (SSSR count). The first-order valence-corrected chi connectivity index (χ1v) is 7.27. The highest BCUT2D eigenvalue weighted by molar-refractivity contribution is 14.1. The number of rotatable bonds is 4. The molecule has 3 nitrogen and oxygen atoms in total. The fourth-order valence-electron chi connectivity index (χ4n) is 1.67. The van der Waals surface area contributed by atoms with Gasteiger partial charge >= 0.3 is 0 Å². The van der Waals surface area contributed by atoms with Crippen molar-refractivity contribution in [1.82, 2.24) is 10.4 Å². The van der Waals surface area contributed by atoms with E-state index in [9.17, 15) is 0 Å². The Labute approximate surface area is 119 Å². The predicted octanol–water partition coefficient (Wildman–Crippen LogP) is 2.80. The summed E-state index contributed by atoms with van der Waals surface area (Å²) in [6.07, 6.45) is 0.828. The Hall–Kier alpha value is -0.500. The van der Waals surface area contributed by atoms with Gasteiger partial charge in [0.15, 0.2) is 0 Å². The van der Waals surface area contributed by atoms with Crippen LogP contribution in [0.25, 0.3) is 0 Å². The molecule has 0 saturated heterocycles. The standard InChI is InChI=1S/C12H14IN3S/c1-8-7-17-12(15-8)6-11(16-14)9-3-2-4-10(13)5-9/h2-5,7,11,16H,6,14H2,1H3. The first-order chi connectivity index (χ1) is 8.19. The van der Waals surface area contributed by atoms with E-state index in [2.05, 4.69) is 62.6 Å². The number of hydrogen-bond donors (Lipinski definition) is 2. The van der Waals surface area contributed by atoms with Crippen LogP contribution in [0.2, 0.25) is 0 Å². The van der Waals surface area contributed by atoms with Crippen molar-refractivity contribution < 1.29 is 0 Å². The summed E-state index contributed by atoms with van der Waals surface area (Å²) in [6, 6.07) is 8.48. The number of thiazole rings is 1. The molecule has 1 atom stereocenters. The molecule has 5 heteroatoms. The second-order valence-corrected chi connectivity index (χ2v) is 6.05. The van der Waals surface area contributed by atoms with Crippen molar-refractivity contribution >= 4 is 33.9 Å². The van der Waals surface area contributed by atoms with Gasteiger partial charge in [0.05, 0.1) is 11.0 Å². The molecule has 1 unspecified atom stereocenters. The topological polar surface area (TPSA) is 50.9 Å². The molecule has 0 spiro atoms. The first-order valence-electron chi connectivity index (χ1n) is 5.31. The molecule has 0 saturated carbocycles. The number of aromatic nitrogens is 1. The van der Waals surface area contributed by atoms with Crippen molar-refractivity contribution in [3.05, 3.63) is 49.5 Å². The molecule has 17 heavy (non-hydrogen) atoms. The van der Waals surface area contributed by atoms with Gasteiger partial charge in [0, 0.05) is 21.1 Å². The number of halogens is 1. The Morgan fingerprint density at radius 2 is 2.35 bits per heavy atom. The van der Waals surface area contributed by atoms with E-state index in [1.807, 2.05) is 6.92 Å². The highest BCUT2D eigenvalue weighted by atomic mass is 127. The van der Waals surface area contributed by atoms with Crippen molar-refractivity contribution in [2.24, 2.45) is 5.84 Å². The van der Waals surface area contributed by atoms with Gasteiger partial charge < -0.3 is 0 Å². The van der Waals surface area contributed by atoms with Crippen LogP contribution in [0.5, 0.6) is 0 Å². The molecule has 1 aromatic carbocycles. The summed E-state index contributed by atoms with van der Waals surface area (Å²) >= 11 is 3.99. The Kier molecular flexibility index (Phi) is 4.49. The molecular weight excluding hydrogens is 345 g/mol. The third-order valence-corrected chi connectivity index (χ3v) is 4.16. The molecule has 0 bridgehead atoms. The Morgan fingerprint density at radius 1 is 1.53 bits per heavy atom. The number of nitrogens with one attached hydrogen (secondary N) is 1. The third kappa shape index (κ3) is 3.48. The van der Waals surface area contributed by atoms with Crippen molar-refractivity contribution in [1.29, 1.82) is 0 Å². The second-order valence-electron chi connectivity index (χ2n) is 3.86. The van der Waals surface area contributed by atoms with Crippen LogP contribution in [-0.4, -0.2) is 4.98 Å². The lowest BCUT2D eigenvalue weighted by molar-refractivity contribution is 0.550. The van der Waals surface area contributed by atoms with E-state index in [4.69, 9.17) is 5.84 Å². The Balaban J connectivity index is 2.16. The van der Waals surface area contributed by atoms with Crippen LogP contribution in [0.15, 0.2) is 29.6 Å². The number of hydrazine groups is 1. The molecule has 0 aliphatic heterocycles. The number of aryl methyl sites for hydroxylation is 1. The molecule has 1 heterocycles. The van der Waals surface area contributed by atoms with Gasteiger partial charge in [-0.05, 0) is 47.2 Å². The quantitative estimate of drug-likeness (QED) is 0.502. The lowest BCUT2D eigenvalue weighted by Gasteiger charge is -2.15. The maximum absolute atomic E-state index is 5.63. The van der Waals surface area contributed by atoms with E-state index in [-0.39, 0.29) is 6.04 Å². The lowest BCUT2D eigenvalue weighted by atomic mass is 10.1. The largest absolute Gasteiger partial charge is 0.271 e. The van der Waals surface area contributed by atoms with Gasteiger partial charge in [0.1, 0.15) is 0 Å². The van der Waals surface area contributed by atoms with E-state index in [1.54, 1.807) is 11.3 Å². The maximum atomic E-state index is 5.63. The zero-order chi connectivity index (χ0) is 12.3. The van der Waals surface area contributed by atoms with Crippen molar-refractivity contribution in [2.75, 3.05) is 0 Å². The fourth-order valence-corrected chi connectivity index (χ4v) is 3.05. The van der Waals surface area contributed by atoms with Gasteiger partial charge in [0.25, 0.3) is 0 Å². The van der Waals surface area contributed by atoms with Gasteiger partial charge in [-0.2, -0.15) is 0 Å². The summed E-state index contributed by atoms with van der Waals surface area (Å²) < 4.78 is 1.22. The summed E-state index contributed by atoms with van der Waals surface area (Å²) in [7, 11) is 0. The summed E-state index contributed by atoms with van der Waals surface area (Å²) in [6.45, 7) is 2.01. The molecule has 1 aromatic heterocycles. The normalized spacial score (nSPS) is 12.6. The van der Waals surface area contributed by atoms with Crippen LogP contribution in [-0.2, 0) is 6.42 Å². The summed E-state index contributed by atoms with van der Waals surface area (Å²) in [5.41, 5.74) is 5.14. The van der Waals surface area contributed by atoms with Crippen LogP contribution in [0.3, 0.4) is 0 Å². The van der Waals surface area contributed by atoms with Crippen LogP contribution in [0.4, 0.5) is 0 Å². The summed E-state index contributed by atoms with van der Waals surface area (Å²) in [5.74, 6) is 5.63. The van der Waals surface area contributed by atoms with E-state index >= 15 is 0 Å². The van der Waals surface area contributed by atoms with E-state index in [1.165, 1.54) is 9.13 Å². The van der Waals surface area contributed by atoms with Crippen LogP contribution >= 0.6 is 33.9 Å². The predicted molar refractivity (Wildman–Crippen MR) is 79.8 cm³/mol. The van der Waals surface area contributed by atoms with Gasteiger partial charge in [-0.1, -0.05) is 12.1 Å². The Morgan fingerprint density at radius 3 is 2.94 bits per heavy atom. The minimum absolute atomic E-state index is 0.121. The summed E-state index contributed by atoms with van der Waals surface area (Å²) in [4.78, 5) is 4.47. The second kappa shape index (κ2) is 5.90. The maximum Gasteiger partial charge on any atom is 0.0947 e. The van der Waals surface area contributed by atoms with Crippen LogP contribution in [0, 0.1) is 10.5 Å². The molecule has 2 aromatic rings. The van der Waals surface area contributed by atoms with Gasteiger partial charge in [-0.3, -0.25) is 11.3 Å². The molecule has 90 valence electrons. The molecule has 0 aliphatic rings. The van der Waals surface area contributed by atoms with E-state index < -0.39 is 0 Å². The molecule has 0 fully saturated rings. The fraction of sp³-hybridized carbons (Fsp3) is 0.250. The molecule has 0 amide bonds. The zero-order valence-corrected chi connectivity index (χ0v) is 12.5.